The van der Waals surface area contributed by atoms with Gasteiger partial charge in [-0.05, 0) is 5.92 Å². The van der Waals surface area contributed by atoms with Crippen molar-refractivity contribution in [1.82, 2.24) is 0 Å². The summed E-state index contributed by atoms with van der Waals surface area (Å²) in [5, 5.41) is 0. The standard InChI is InChI=1S/C6H12.C4H8.C2H6/c1-2-6-4-3-5-6;1-2-4-3-1;1-2/h6H,2-5H2,1H3;1-4H2;1-2H3. The third kappa shape index (κ3) is 5.62. The van der Waals surface area contributed by atoms with E-state index in [0.29, 0.717) is 0 Å². The largest absolute Gasteiger partial charge is 0.0683 e. The van der Waals surface area contributed by atoms with E-state index in [1.54, 1.807) is 0 Å². The Kier molecular flexibility index (Phi) is 9.09. The third-order valence-corrected chi connectivity index (χ3v) is 2.80. The molecule has 0 heteroatoms. The summed E-state index contributed by atoms with van der Waals surface area (Å²) in [6.45, 7) is 6.28. The molecule has 0 bridgehead atoms. The second-order valence-corrected chi connectivity index (χ2v) is 3.62. The molecule has 0 aromatic carbocycles. The summed E-state index contributed by atoms with van der Waals surface area (Å²) in [6, 6.07) is 0. The molecular formula is C12H26. The molecule has 2 aliphatic rings. The Balaban J connectivity index is 0.000000176. The minimum atomic E-state index is 1.12. The van der Waals surface area contributed by atoms with E-state index in [9.17, 15) is 0 Å². The Morgan fingerprint density at radius 2 is 1.25 bits per heavy atom. The monoisotopic (exact) mass is 170 g/mol. The summed E-state index contributed by atoms with van der Waals surface area (Å²) in [5.74, 6) is 1.12. The zero-order valence-corrected chi connectivity index (χ0v) is 9.23. The van der Waals surface area contributed by atoms with Gasteiger partial charge in [-0.3, -0.25) is 0 Å². The molecular weight excluding hydrogens is 144 g/mol. The van der Waals surface area contributed by atoms with E-state index in [1.807, 2.05) is 13.8 Å². The van der Waals surface area contributed by atoms with E-state index < -0.39 is 0 Å². The van der Waals surface area contributed by atoms with Crippen molar-refractivity contribution in [3.05, 3.63) is 0 Å². The van der Waals surface area contributed by atoms with Gasteiger partial charge in [0.25, 0.3) is 0 Å². The van der Waals surface area contributed by atoms with Crippen molar-refractivity contribution in [2.24, 2.45) is 5.92 Å². The minimum absolute atomic E-state index is 1.12. The van der Waals surface area contributed by atoms with Crippen LogP contribution in [0.2, 0.25) is 0 Å². The summed E-state index contributed by atoms with van der Waals surface area (Å²) in [7, 11) is 0. The van der Waals surface area contributed by atoms with Crippen molar-refractivity contribution in [2.75, 3.05) is 0 Å². The summed E-state index contributed by atoms with van der Waals surface area (Å²) < 4.78 is 0. The van der Waals surface area contributed by atoms with Crippen molar-refractivity contribution in [3.63, 3.8) is 0 Å². The van der Waals surface area contributed by atoms with Gasteiger partial charge in [-0.15, -0.1) is 0 Å². The first-order valence-electron chi connectivity index (χ1n) is 5.93. The van der Waals surface area contributed by atoms with Crippen molar-refractivity contribution >= 4 is 0 Å². The average molecular weight is 170 g/mol. The van der Waals surface area contributed by atoms with Crippen molar-refractivity contribution in [3.8, 4) is 0 Å². The molecule has 0 heterocycles. The van der Waals surface area contributed by atoms with Gasteiger partial charge in [0.2, 0.25) is 0 Å². The maximum atomic E-state index is 2.28. The fourth-order valence-electron chi connectivity index (χ4n) is 1.15. The van der Waals surface area contributed by atoms with E-state index in [1.165, 1.54) is 51.4 Å². The van der Waals surface area contributed by atoms with Gasteiger partial charge in [-0.25, -0.2) is 0 Å². The van der Waals surface area contributed by atoms with Crippen LogP contribution in [0, 0.1) is 5.92 Å². The van der Waals surface area contributed by atoms with E-state index in [-0.39, 0.29) is 0 Å². The van der Waals surface area contributed by atoms with E-state index in [0.717, 1.165) is 5.92 Å². The normalized spacial score (nSPS) is 20.2. The molecule has 2 fully saturated rings. The lowest BCUT2D eigenvalue weighted by Crippen LogP contribution is -2.08. The quantitative estimate of drug-likeness (QED) is 0.531. The summed E-state index contributed by atoms with van der Waals surface area (Å²) in [4.78, 5) is 0. The fourth-order valence-corrected chi connectivity index (χ4v) is 1.15. The lowest BCUT2D eigenvalue weighted by atomic mass is 9.84. The van der Waals surface area contributed by atoms with Crippen LogP contribution < -0.4 is 0 Å². The highest BCUT2D eigenvalue weighted by atomic mass is 14.2. The van der Waals surface area contributed by atoms with Crippen LogP contribution in [0.25, 0.3) is 0 Å². The highest BCUT2D eigenvalue weighted by Gasteiger charge is 2.13. The van der Waals surface area contributed by atoms with Gasteiger partial charge in [0, 0.05) is 0 Å². The molecule has 0 aromatic heterocycles. The number of rotatable bonds is 1. The smallest absolute Gasteiger partial charge is 0.0417 e. The molecule has 2 saturated carbocycles. The van der Waals surface area contributed by atoms with Crippen LogP contribution >= 0.6 is 0 Å². The van der Waals surface area contributed by atoms with Gasteiger partial charge < -0.3 is 0 Å². The highest BCUT2D eigenvalue weighted by Crippen LogP contribution is 2.28. The highest BCUT2D eigenvalue weighted by molar-refractivity contribution is 4.66. The second-order valence-electron chi connectivity index (χ2n) is 3.62. The molecule has 0 N–H and O–H groups in total. The van der Waals surface area contributed by atoms with E-state index >= 15 is 0 Å². The zero-order chi connectivity index (χ0) is 9.23. The Morgan fingerprint density at radius 3 is 1.25 bits per heavy atom. The van der Waals surface area contributed by atoms with Crippen LogP contribution in [0.4, 0.5) is 0 Å². The predicted molar refractivity (Wildman–Crippen MR) is 57.4 cm³/mol. The number of hydrogen-bond acceptors (Lipinski definition) is 0. The molecule has 2 aliphatic carbocycles. The average Bonchev–Trinajstić information content (AvgIpc) is 1.86. The molecule has 12 heavy (non-hydrogen) atoms. The van der Waals surface area contributed by atoms with Crippen molar-refractivity contribution in [1.29, 1.82) is 0 Å². The predicted octanol–water partition coefficient (Wildman–Crippen LogP) is 4.78. The Hall–Kier alpha value is 0. The molecule has 0 amide bonds. The molecule has 0 unspecified atom stereocenters. The Labute approximate surface area is 78.8 Å². The third-order valence-electron chi connectivity index (χ3n) is 2.80. The van der Waals surface area contributed by atoms with Gasteiger partial charge in [-0.1, -0.05) is 72.1 Å². The maximum absolute atomic E-state index is 2.28. The molecule has 0 nitrogen and oxygen atoms in total. The van der Waals surface area contributed by atoms with Crippen LogP contribution in [0.15, 0.2) is 0 Å². The lowest BCUT2D eigenvalue weighted by Gasteiger charge is -2.22. The zero-order valence-electron chi connectivity index (χ0n) is 9.23. The maximum Gasteiger partial charge on any atom is -0.0417 e. The molecule has 0 radical (unpaired) electrons. The Morgan fingerprint density at radius 1 is 0.833 bits per heavy atom. The number of hydrogen-bond donors (Lipinski definition) is 0. The van der Waals surface area contributed by atoms with Gasteiger partial charge in [0.1, 0.15) is 0 Å². The molecule has 74 valence electrons. The minimum Gasteiger partial charge on any atom is -0.0683 e. The van der Waals surface area contributed by atoms with Gasteiger partial charge in [0.15, 0.2) is 0 Å². The molecule has 2 rings (SSSR count). The van der Waals surface area contributed by atoms with Crippen LogP contribution in [-0.4, -0.2) is 0 Å². The van der Waals surface area contributed by atoms with Crippen LogP contribution in [0.5, 0.6) is 0 Å². The summed E-state index contributed by atoms with van der Waals surface area (Å²) in [5.41, 5.74) is 0. The summed E-state index contributed by atoms with van der Waals surface area (Å²) in [6.07, 6.45) is 11.9. The van der Waals surface area contributed by atoms with Gasteiger partial charge in [-0.2, -0.15) is 0 Å². The first-order chi connectivity index (χ1) is 5.93. The SMILES string of the molecule is C1CCC1.CC.CCC1CCC1. The van der Waals surface area contributed by atoms with E-state index in [4.69, 9.17) is 0 Å². The van der Waals surface area contributed by atoms with Gasteiger partial charge >= 0.3 is 0 Å². The topological polar surface area (TPSA) is 0 Å². The molecule has 0 aromatic rings. The molecule has 0 spiro atoms. The molecule has 0 saturated heterocycles. The van der Waals surface area contributed by atoms with Crippen molar-refractivity contribution < 1.29 is 0 Å². The fraction of sp³-hybridized carbons (Fsp3) is 1.00. The van der Waals surface area contributed by atoms with Crippen LogP contribution in [0.1, 0.15) is 72.1 Å². The Bertz CT molecular complexity index is 61.4. The van der Waals surface area contributed by atoms with Crippen molar-refractivity contribution in [2.45, 2.75) is 72.1 Å². The van der Waals surface area contributed by atoms with Crippen LogP contribution in [-0.2, 0) is 0 Å². The first kappa shape index (κ1) is 12.0. The van der Waals surface area contributed by atoms with Crippen LogP contribution in [0.3, 0.4) is 0 Å². The summed E-state index contributed by atoms with van der Waals surface area (Å²) >= 11 is 0. The second kappa shape index (κ2) is 9.09. The molecule has 0 atom stereocenters. The lowest BCUT2D eigenvalue weighted by molar-refractivity contribution is 0.307. The van der Waals surface area contributed by atoms with E-state index in [2.05, 4.69) is 6.92 Å². The first-order valence-corrected chi connectivity index (χ1v) is 5.93. The van der Waals surface area contributed by atoms with Gasteiger partial charge in [0.05, 0.1) is 0 Å². The molecule has 0 aliphatic heterocycles.